The highest BCUT2D eigenvalue weighted by Gasteiger charge is 2.23. The van der Waals surface area contributed by atoms with Gasteiger partial charge < -0.3 is 19.9 Å². The lowest BCUT2D eigenvalue weighted by atomic mass is 10.0. The van der Waals surface area contributed by atoms with Crippen molar-refractivity contribution in [2.75, 3.05) is 31.6 Å². The maximum atomic E-state index is 11.6. The van der Waals surface area contributed by atoms with Gasteiger partial charge in [0, 0.05) is 18.3 Å². The van der Waals surface area contributed by atoms with E-state index >= 15 is 0 Å². The van der Waals surface area contributed by atoms with E-state index in [9.17, 15) is 4.79 Å². The van der Waals surface area contributed by atoms with E-state index in [1.807, 2.05) is 6.92 Å². The van der Waals surface area contributed by atoms with Crippen molar-refractivity contribution in [3.8, 4) is 0 Å². The number of H-pyrrole nitrogens is 1. The number of nitrogens with zero attached hydrogens (tertiary/aromatic N) is 2. The van der Waals surface area contributed by atoms with Gasteiger partial charge in [0.25, 0.3) is 0 Å². The monoisotopic (exact) mass is 330 g/mol. The molecule has 24 heavy (non-hydrogen) atoms. The van der Waals surface area contributed by atoms with Crippen molar-refractivity contribution < 1.29 is 9.53 Å². The lowest BCUT2D eigenvalue weighted by Crippen LogP contribution is -2.44. The average molecular weight is 330 g/mol. The van der Waals surface area contributed by atoms with Crippen LogP contribution in [0.3, 0.4) is 0 Å². The van der Waals surface area contributed by atoms with Crippen LogP contribution in [0.25, 0.3) is 11.0 Å². The second kappa shape index (κ2) is 7.21. The molecule has 0 saturated carbocycles. The minimum absolute atomic E-state index is 0.163. The number of benzene rings is 1. The summed E-state index contributed by atoms with van der Waals surface area (Å²) in [5.74, 6) is 0.761. The molecule has 0 bridgehead atoms. The third kappa shape index (κ3) is 3.53. The number of rotatable bonds is 5. The number of carbonyl (C=O) groups is 1. The van der Waals surface area contributed by atoms with Crippen LogP contribution >= 0.6 is 0 Å². The number of anilines is 1. The van der Waals surface area contributed by atoms with Gasteiger partial charge in [-0.3, -0.25) is 4.79 Å². The Morgan fingerprint density at radius 2 is 2.08 bits per heavy atom. The second-order valence-corrected chi connectivity index (χ2v) is 6.48. The quantitative estimate of drug-likeness (QED) is 0.823. The Bertz CT molecular complexity index is 719. The van der Waals surface area contributed by atoms with Crippen LogP contribution in [0.1, 0.15) is 30.7 Å². The number of aryl methyl sites for hydroxylation is 2. The highest BCUT2D eigenvalue weighted by Crippen LogP contribution is 2.28. The third-order valence-electron chi connectivity index (χ3n) is 4.75. The van der Waals surface area contributed by atoms with E-state index < -0.39 is 0 Å². The van der Waals surface area contributed by atoms with Crippen LogP contribution < -0.4 is 10.2 Å². The van der Waals surface area contributed by atoms with E-state index in [2.05, 4.69) is 39.2 Å². The molecule has 0 amide bonds. The highest BCUT2D eigenvalue weighted by molar-refractivity contribution is 5.83. The van der Waals surface area contributed by atoms with Crippen molar-refractivity contribution in [3.05, 3.63) is 23.5 Å². The van der Waals surface area contributed by atoms with E-state index in [4.69, 9.17) is 4.74 Å². The van der Waals surface area contributed by atoms with Crippen LogP contribution in [-0.2, 0) is 9.53 Å². The minimum Gasteiger partial charge on any atom is -0.469 e. The number of ether oxygens (including phenoxy) is 1. The Labute approximate surface area is 142 Å². The molecule has 0 aliphatic carbocycles. The number of imidazole rings is 1. The Balaban J connectivity index is 1.92. The topological polar surface area (TPSA) is 70.2 Å². The van der Waals surface area contributed by atoms with Crippen molar-refractivity contribution >= 4 is 22.7 Å². The number of fused-ring (bicyclic) bond motifs is 1. The van der Waals surface area contributed by atoms with Crippen molar-refractivity contribution in [3.63, 3.8) is 0 Å². The number of hydrogen-bond donors (Lipinski definition) is 2. The largest absolute Gasteiger partial charge is 0.469 e. The third-order valence-corrected chi connectivity index (χ3v) is 4.75. The molecule has 1 aliphatic heterocycles. The Morgan fingerprint density at radius 3 is 2.79 bits per heavy atom. The molecule has 0 radical (unpaired) electrons. The van der Waals surface area contributed by atoms with Gasteiger partial charge in [-0.15, -0.1) is 0 Å². The summed E-state index contributed by atoms with van der Waals surface area (Å²) in [5.41, 5.74) is 4.39. The van der Waals surface area contributed by atoms with Crippen molar-refractivity contribution in [2.45, 2.75) is 39.2 Å². The van der Waals surface area contributed by atoms with Gasteiger partial charge in [0.2, 0.25) is 0 Å². The number of esters is 1. The van der Waals surface area contributed by atoms with Crippen LogP contribution in [0.15, 0.2) is 12.1 Å². The summed E-state index contributed by atoms with van der Waals surface area (Å²) in [4.78, 5) is 21.9. The SMILES string of the molecule is COC(=O)CCN(c1cc(C)c2nc(C)[nH]c2c1)C1CCNCC1. The zero-order valence-corrected chi connectivity index (χ0v) is 14.7. The van der Waals surface area contributed by atoms with E-state index in [0.29, 0.717) is 19.0 Å². The molecule has 0 unspecified atom stereocenters. The molecular formula is C18H26N4O2. The first kappa shape index (κ1) is 16.8. The van der Waals surface area contributed by atoms with E-state index in [1.54, 1.807) is 0 Å². The number of aromatic amines is 1. The Kier molecular flexibility index (Phi) is 5.04. The number of methoxy groups -OCH3 is 1. The molecule has 6 heteroatoms. The molecule has 2 N–H and O–H groups in total. The molecule has 1 saturated heterocycles. The fourth-order valence-electron chi connectivity index (χ4n) is 3.52. The van der Waals surface area contributed by atoms with Gasteiger partial charge in [-0.05, 0) is 57.5 Å². The lowest BCUT2D eigenvalue weighted by molar-refractivity contribution is -0.140. The molecular weight excluding hydrogens is 304 g/mol. The van der Waals surface area contributed by atoms with Crippen LogP contribution in [-0.4, -0.2) is 48.7 Å². The first-order chi connectivity index (χ1) is 11.6. The molecule has 6 nitrogen and oxygen atoms in total. The van der Waals surface area contributed by atoms with E-state index in [-0.39, 0.29) is 5.97 Å². The summed E-state index contributed by atoms with van der Waals surface area (Å²) in [6.07, 6.45) is 2.57. The van der Waals surface area contributed by atoms with Crippen LogP contribution in [0, 0.1) is 13.8 Å². The second-order valence-electron chi connectivity index (χ2n) is 6.48. The van der Waals surface area contributed by atoms with Crippen molar-refractivity contribution in [1.29, 1.82) is 0 Å². The molecule has 1 aromatic heterocycles. The van der Waals surface area contributed by atoms with Gasteiger partial charge in [0.1, 0.15) is 5.82 Å². The fourth-order valence-corrected chi connectivity index (χ4v) is 3.52. The van der Waals surface area contributed by atoms with Gasteiger partial charge >= 0.3 is 5.97 Å². The Hall–Kier alpha value is -2.08. The maximum absolute atomic E-state index is 11.6. The van der Waals surface area contributed by atoms with Gasteiger partial charge in [0.15, 0.2) is 0 Å². The summed E-state index contributed by atoms with van der Waals surface area (Å²) < 4.78 is 4.83. The van der Waals surface area contributed by atoms with Crippen LogP contribution in [0.4, 0.5) is 5.69 Å². The average Bonchev–Trinajstić information content (AvgIpc) is 2.97. The molecule has 2 heterocycles. The number of hydrogen-bond acceptors (Lipinski definition) is 5. The van der Waals surface area contributed by atoms with Gasteiger partial charge in [0.05, 0.1) is 24.6 Å². The molecule has 3 rings (SSSR count). The summed E-state index contributed by atoms with van der Waals surface area (Å²) in [6, 6.07) is 4.78. The smallest absolute Gasteiger partial charge is 0.307 e. The normalized spacial score (nSPS) is 15.6. The number of carbonyl (C=O) groups excluding carboxylic acids is 1. The molecule has 0 spiro atoms. The van der Waals surface area contributed by atoms with Crippen LogP contribution in [0.2, 0.25) is 0 Å². The van der Waals surface area contributed by atoms with E-state index in [1.165, 1.54) is 7.11 Å². The molecule has 2 aromatic rings. The van der Waals surface area contributed by atoms with Gasteiger partial charge in [-0.1, -0.05) is 0 Å². The van der Waals surface area contributed by atoms with E-state index in [0.717, 1.165) is 54.0 Å². The predicted octanol–water partition coefficient (Wildman–Crippen LogP) is 2.30. The standard InChI is InChI=1S/C18H26N4O2/c1-12-10-15(11-16-18(12)21-13(2)20-16)22(9-6-17(23)24-3)14-4-7-19-8-5-14/h10-11,14,19H,4-9H2,1-3H3,(H,20,21). The summed E-state index contributed by atoms with van der Waals surface area (Å²) in [7, 11) is 1.45. The molecule has 1 aromatic carbocycles. The zero-order chi connectivity index (χ0) is 17.1. The molecule has 0 atom stereocenters. The molecule has 1 aliphatic rings. The molecule has 130 valence electrons. The lowest BCUT2D eigenvalue weighted by Gasteiger charge is -2.36. The summed E-state index contributed by atoms with van der Waals surface area (Å²) in [5, 5.41) is 3.41. The minimum atomic E-state index is -0.163. The zero-order valence-electron chi connectivity index (χ0n) is 14.7. The van der Waals surface area contributed by atoms with Crippen molar-refractivity contribution in [1.82, 2.24) is 15.3 Å². The maximum Gasteiger partial charge on any atom is 0.307 e. The van der Waals surface area contributed by atoms with Crippen molar-refractivity contribution in [2.24, 2.45) is 0 Å². The van der Waals surface area contributed by atoms with Crippen LogP contribution in [0.5, 0.6) is 0 Å². The summed E-state index contributed by atoms with van der Waals surface area (Å²) >= 11 is 0. The highest BCUT2D eigenvalue weighted by atomic mass is 16.5. The molecule has 1 fully saturated rings. The van der Waals surface area contributed by atoms with Gasteiger partial charge in [-0.2, -0.15) is 0 Å². The number of piperidine rings is 1. The first-order valence-electron chi connectivity index (χ1n) is 8.59. The Morgan fingerprint density at radius 1 is 1.33 bits per heavy atom. The first-order valence-corrected chi connectivity index (χ1v) is 8.59. The fraction of sp³-hybridized carbons (Fsp3) is 0.556. The summed E-state index contributed by atoms with van der Waals surface area (Å²) in [6.45, 7) is 6.77. The van der Waals surface area contributed by atoms with Gasteiger partial charge in [-0.25, -0.2) is 4.98 Å². The number of nitrogens with one attached hydrogen (secondary N) is 2. The predicted molar refractivity (Wildman–Crippen MR) is 95.4 cm³/mol. The number of aromatic nitrogens is 2.